The van der Waals surface area contributed by atoms with Crippen molar-refractivity contribution in [2.45, 2.75) is 140 Å². The summed E-state index contributed by atoms with van der Waals surface area (Å²) in [5, 5.41) is 41.4. The van der Waals surface area contributed by atoms with Gasteiger partial charge in [-0.1, -0.05) is 120 Å². The Hall–Kier alpha value is -4.70. The van der Waals surface area contributed by atoms with E-state index in [9.17, 15) is 29.7 Å². The molecular weight excluding hydrogens is 835 g/mol. The summed E-state index contributed by atoms with van der Waals surface area (Å²) >= 11 is 0. The number of ketones is 1. The molecule has 64 heavy (non-hydrogen) atoms. The number of rotatable bonds is 14. The Morgan fingerprint density at radius 1 is 0.875 bits per heavy atom. The maximum atomic E-state index is 15.2. The average molecular weight is 898 g/mol. The van der Waals surface area contributed by atoms with E-state index in [1.807, 2.05) is 57.2 Å². The lowest BCUT2D eigenvalue weighted by atomic mass is 9.45. The van der Waals surface area contributed by atoms with Gasteiger partial charge in [0, 0.05) is 23.2 Å². The third kappa shape index (κ3) is 8.26. The Labute approximate surface area is 376 Å². The second kappa shape index (κ2) is 18.3. The molecule has 3 aliphatic carbocycles. The fourth-order valence-electron chi connectivity index (χ4n) is 11.0. The zero-order valence-electron chi connectivity index (χ0n) is 37.9. The molecule has 1 heterocycles. The quantitative estimate of drug-likeness (QED) is 0.0555. The highest BCUT2D eigenvalue weighted by molar-refractivity contribution is 6.73. The van der Waals surface area contributed by atoms with E-state index < -0.39 is 96.6 Å². The van der Waals surface area contributed by atoms with E-state index in [2.05, 4.69) is 5.32 Å². The number of amides is 1. The van der Waals surface area contributed by atoms with Crippen LogP contribution in [0.1, 0.15) is 95.3 Å². The van der Waals surface area contributed by atoms with Crippen LogP contribution in [-0.2, 0) is 39.6 Å². The number of esters is 2. The number of benzene rings is 3. The average Bonchev–Trinajstić information content (AvgIpc) is 3.29. The van der Waals surface area contributed by atoms with Gasteiger partial charge in [0.1, 0.15) is 36.1 Å². The van der Waals surface area contributed by atoms with Crippen LogP contribution >= 0.6 is 0 Å². The van der Waals surface area contributed by atoms with Crippen LogP contribution in [0.2, 0.25) is 18.1 Å². The number of alkyl carbamates (subject to hydrolysis) is 1. The summed E-state index contributed by atoms with van der Waals surface area (Å²) in [5.41, 5.74) is -4.88. The number of hydrogen-bond acceptors (Lipinski definition) is 12. The van der Waals surface area contributed by atoms with Gasteiger partial charge in [-0.3, -0.25) is 4.79 Å². The fraction of sp³-hybridized carbons (Fsp3) is 0.520. The molecule has 13 nitrogen and oxygen atoms in total. The Kier molecular flexibility index (Phi) is 13.5. The van der Waals surface area contributed by atoms with Gasteiger partial charge in [0.15, 0.2) is 20.2 Å². The Morgan fingerprint density at radius 2 is 1.47 bits per heavy atom. The van der Waals surface area contributed by atoms with Crippen molar-refractivity contribution in [3.05, 3.63) is 119 Å². The molecule has 4 aliphatic rings. The van der Waals surface area contributed by atoms with Gasteiger partial charge in [0.25, 0.3) is 0 Å². The lowest BCUT2D eigenvalue weighted by molar-refractivity contribution is -0.329. The number of carbonyl (C=O) groups is 4. The van der Waals surface area contributed by atoms with E-state index in [1.54, 1.807) is 82.3 Å². The van der Waals surface area contributed by atoms with E-state index in [1.165, 1.54) is 0 Å². The number of hydrogen-bond donors (Lipinski definition) is 4. The smallest absolute Gasteiger partial charge is 0.408 e. The maximum Gasteiger partial charge on any atom is 0.408 e. The minimum Gasteiger partial charge on any atom is -0.456 e. The Bertz CT molecular complexity index is 2210. The molecule has 8 unspecified atom stereocenters. The summed E-state index contributed by atoms with van der Waals surface area (Å²) in [5.74, 6) is -3.50. The van der Waals surface area contributed by atoms with Crippen molar-refractivity contribution in [3.8, 4) is 0 Å². The van der Waals surface area contributed by atoms with Crippen LogP contribution in [0.4, 0.5) is 4.79 Å². The van der Waals surface area contributed by atoms with Crippen molar-refractivity contribution >= 4 is 32.1 Å². The van der Waals surface area contributed by atoms with Gasteiger partial charge in [-0.15, -0.1) is 0 Å². The normalized spacial score (nSPS) is 30.5. The topological polar surface area (TPSA) is 187 Å². The van der Waals surface area contributed by atoms with Gasteiger partial charge in [0.2, 0.25) is 0 Å². The predicted molar refractivity (Wildman–Crippen MR) is 239 cm³/mol. The molecule has 0 spiro atoms. The summed E-state index contributed by atoms with van der Waals surface area (Å²) in [6.45, 7) is 12.5. The predicted octanol–water partition coefficient (Wildman–Crippen LogP) is 7.15. The first kappa shape index (κ1) is 47.3. The van der Waals surface area contributed by atoms with Crippen molar-refractivity contribution in [3.63, 3.8) is 0 Å². The first-order valence-corrected chi connectivity index (χ1v) is 25.1. The molecule has 1 saturated heterocycles. The number of aliphatic hydroxyl groups is 3. The lowest BCUT2D eigenvalue weighted by Crippen LogP contribution is -2.78. The number of Topliss-reactive ketones (excluding diaryl/α,β-unsaturated/α-hetero) is 1. The van der Waals surface area contributed by atoms with Crippen LogP contribution in [0.25, 0.3) is 0 Å². The van der Waals surface area contributed by atoms with Gasteiger partial charge in [-0.25, -0.2) is 14.4 Å². The molecule has 7 rings (SSSR count). The number of aliphatic hydroxyl groups excluding tert-OH is 1. The third-order valence-electron chi connectivity index (χ3n) is 15.2. The number of ether oxygens (including phenoxy) is 4. The summed E-state index contributed by atoms with van der Waals surface area (Å²) in [6, 6.07) is 27.2. The van der Waals surface area contributed by atoms with Crippen molar-refractivity contribution in [2.75, 3.05) is 6.61 Å². The molecule has 2 saturated carbocycles. The van der Waals surface area contributed by atoms with Crippen LogP contribution in [0.3, 0.4) is 0 Å². The van der Waals surface area contributed by atoms with E-state index in [0.29, 0.717) is 35.7 Å². The standard InChI is InChI=1S/C50H63NO12Si/c1-8-64(9-2,10-3)63-40(38(33-22-16-12-17-23-33)51-46(56)59-29-32-20-14-11-15-21-32)45(55)61-35-28-50(58)43(62-44(54)34-24-18-13-19-25-34)41-48(7,27-26-36-49(41,57)30-60-36)42(53)39(52)37(31(35)4)47(50,5)6/h11-25,35-36,38-41,43,52,57-58H,8-10,26-30H2,1-7H3,(H,51,56)/t35?,36?,38?,39?,40-,41?,43?,48-,49?,50?/m1/s1. The molecule has 0 radical (unpaired) electrons. The number of nitrogens with one attached hydrogen (secondary N) is 1. The first-order valence-electron chi connectivity index (χ1n) is 22.6. The monoisotopic (exact) mass is 897 g/mol. The van der Waals surface area contributed by atoms with Crippen LogP contribution in [0.15, 0.2) is 102 Å². The van der Waals surface area contributed by atoms with Crippen molar-refractivity contribution in [1.29, 1.82) is 0 Å². The second-order valence-corrected chi connectivity index (χ2v) is 23.6. The molecule has 1 aliphatic heterocycles. The van der Waals surface area contributed by atoms with Crippen molar-refractivity contribution < 1.29 is 57.9 Å². The number of fused-ring (bicyclic) bond motifs is 5. The first-order chi connectivity index (χ1) is 30.4. The molecule has 4 N–H and O–H groups in total. The van der Waals surface area contributed by atoms with Crippen LogP contribution < -0.4 is 5.32 Å². The molecule has 2 bridgehead atoms. The molecule has 10 atom stereocenters. The second-order valence-electron chi connectivity index (χ2n) is 18.8. The van der Waals surface area contributed by atoms with Gasteiger partial charge >= 0.3 is 18.0 Å². The highest BCUT2D eigenvalue weighted by atomic mass is 28.4. The van der Waals surface area contributed by atoms with E-state index in [-0.39, 0.29) is 37.2 Å². The minimum atomic E-state index is -2.68. The van der Waals surface area contributed by atoms with Gasteiger partial charge in [-0.05, 0) is 72.3 Å². The summed E-state index contributed by atoms with van der Waals surface area (Å²) in [4.78, 5) is 58.0. The van der Waals surface area contributed by atoms with E-state index in [0.717, 1.165) is 5.56 Å². The molecule has 344 valence electrons. The maximum absolute atomic E-state index is 15.2. The van der Waals surface area contributed by atoms with Crippen LogP contribution in [0, 0.1) is 16.7 Å². The molecule has 3 fully saturated rings. The molecule has 3 aromatic rings. The zero-order chi connectivity index (χ0) is 46.2. The largest absolute Gasteiger partial charge is 0.456 e. The molecule has 3 aromatic carbocycles. The van der Waals surface area contributed by atoms with E-state index >= 15 is 4.79 Å². The molecule has 1 amide bonds. The third-order valence-corrected chi connectivity index (χ3v) is 19.9. The minimum absolute atomic E-state index is 0.0238. The Morgan fingerprint density at radius 3 is 2.05 bits per heavy atom. The molecule has 14 heteroatoms. The molecular formula is C50H63NO12Si. The Balaban J connectivity index is 1.33. The SMILES string of the molecule is CC[Si](CC)(CC)O[C@@H](C(=O)OC1CC2(O)C(OC(=O)c3ccccc3)C3C4(O)COC4CC[C@@]3(C)C(=O)C(O)C(=C1C)C2(C)C)C(NC(=O)OCc1ccccc1)c1ccccc1. The summed E-state index contributed by atoms with van der Waals surface area (Å²) < 4.78 is 31.4. The zero-order valence-corrected chi connectivity index (χ0v) is 38.9. The van der Waals surface area contributed by atoms with Crippen molar-refractivity contribution in [2.24, 2.45) is 16.7 Å². The van der Waals surface area contributed by atoms with Gasteiger partial charge < -0.3 is 44.0 Å². The van der Waals surface area contributed by atoms with Gasteiger partial charge in [-0.2, -0.15) is 0 Å². The number of carbonyl (C=O) groups excluding carboxylic acids is 4. The van der Waals surface area contributed by atoms with Crippen LogP contribution in [-0.4, -0.2) is 95.8 Å². The fourth-order valence-corrected chi connectivity index (χ4v) is 13.8. The van der Waals surface area contributed by atoms with E-state index in [4.69, 9.17) is 23.4 Å². The van der Waals surface area contributed by atoms with Crippen molar-refractivity contribution in [1.82, 2.24) is 5.32 Å². The highest BCUT2D eigenvalue weighted by Gasteiger charge is 2.74. The van der Waals surface area contributed by atoms with Gasteiger partial charge in [0.05, 0.1) is 24.3 Å². The van der Waals surface area contributed by atoms with Crippen LogP contribution in [0.5, 0.6) is 0 Å². The molecule has 0 aromatic heterocycles. The summed E-state index contributed by atoms with van der Waals surface area (Å²) in [6.07, 6.45) is -7.44. The highest BCUT2D eigenvalue weighted by Crippen LogP contribution is 2.63. The lowest BCUT2D eigenvalue weighted by Gasteiger charge is -2.66. The summed E-state index contributed by atoms with van der Waals surface area (Å²) in [7, 11) is -2.68.